The smallest absolute Gasteiger partial charge is 0.183 e. The third kappa shape index (κ3) is 2.94. The topological polar surface area (TPSA) is 24.9 Å². The summed E-state index contributed by atoms with van der Waals surface area (Å²) in [5, 5.41) is 4.64. The van der Waals surface area contributed by atoms with E-state index in [0.29, 0.717) is 5.88 Å². The molecule has 0 radical (unpaired) electrons. The van der Waals surface area contributed by atoms with Gasteiger partial charge in [-0.3, -0.25) is 0 Å². The van der Waals surface area contributed by atoms with Gasteiger partial charge in [-0.2, -0.15) is 0 Å². The van der Waals surface area contributed by atoms with E-state index in [1.807, 2.05) is 0 Å². The van der Waals surface area contributed by atoms with E-state index in [0.717, 1.165) is 29.6 Å². The molecule has 0 aliphatic heterocycles. The lowest BCUT2D eigenvalue weighted by Gasteiger charge is -2.38. The van der Waals surface area contributed by atoms with Crippen LogP contribution in [0.1, 0.15) is 43.2 Å². The normalized spacial score (nSPS) is 29.3. The van der Waals surface area contributed by atoms with Crippen LogP contribution in [-0.2, 0) is 0 Å². The van der Waals surface area contributed by atoms with Crippen molar-refractivity contribution in [3.63, 3.8) is 0 Å². The van der Waals surface area contributed by atoms with Gasteiger partial charge in [0.1, 0.15) is 0 Å². The molecule has 0 aromatic carbocycles. The fourth-order valence-electron chi connectivity index (χ4n) is 2.36. The van der Waals surface area contributed by atoms with E-state index < -0.39 is 0 Å². The molecule has 2 rings (SSSR count). The van der Waals surface area contributed by atoms with Crippen molar-refractivity contribution in [1.82, 2.24) is 4.98 Å². The average molecular weight is 273 g/mol. The van der Waals surface area contributed by atoms with Gasteiger partial charge >= 0.3 is 0 Å². The summed E-state index contributed by atoms with van der Waals surface area (Å²) in [5.41, 5.74) is 1.21. The molecule has 17 heavy (non-hydrogen) atoms. The Morgan fingerprint density at radius 3 is 2.53 bits per heavy atom. The Kier molecular flexibility index (Phi) is 3.99. The first-order chi connectivity index (χ1) is 8.04. The van der Waals surface area contributed by atoms with Crippen molar-refractivity contribution in [1.29, 1.82) is 0 Å². The Morgan fingerprint density at radius 2 is 2.06 bits per heavy atom. The number of alkyl halides is 1. The molecule has 1 fully saturated rings. The Labute approximate surface area is 113 Å². The predicted octanol–water partition coefficient (Wildman–Crippen LogP) is 4.36. The van der Waals surface area contributed by atoms with Crippen molar-refractivity contribution in [2.24, 2.45) is 5.92 Å². The molecule has 0 amide bonds. The molecule has 1 N–H and O–H groups in total. The van der Waals surface area contributed by atoms with Crippen molar-refractivity contribution in [2.45, 2.75) is 52.0 Å². The summed E-state index contributed by atoms with van der Waals surface area (Å²) in [6.07, 6.45) is 4.86. The van der Waals surface area contributed by atoms with E-state index in [-0.39, 0.29) is 5.54 Å². The minimum atomic E-state index is 0.0742. The van der Waals surface area contributed by atoms with Crippen molar-refractivity contribution >= 4 is 28.1 Å². The van der Waals surface area contributed by atoms with E-state index in [9.17, 15) is 0 Å². The lowest BCUT2D eigenvalue weighted by atomic mass is 9.78. The second kappa shape index (κ2) is 5.15. The number of aryl methyl sites for hydroxylation is 2. The first-order valence-electron chi connectivity index (χ1n) is 6.33. The molecule has 1 aliphatic rings. The highest BCUT2D eigenvalue weighted by atomic mass is 35.5. The summed E-state index contributed by atoms with van der Waals surface area (Å²) in [6, 6.07) is 0. The number of thiazole rings is 1. The average Bonchev–Trinajstić information content (AvgIpc) is 2.62. The predicted molar refractivity (Wildman–Crippen MR) is 76.3 cm³/mol. The zero-order valence-electron chi connectivity index (χ0n) is 10.8. The zero-order chi connectivity index (χ0) is 12.5. The summed E-state index contributed by atoms with van der Waals surface area (Å²) >= 11 is 7.94. The number of halogens is 1. The van der Waals surface area contributed by atoms with Gasteiger partial charge < -0.3 is 5.32 Å². The lowest BCUT2D eigenvalue weighted by Crippen LogP contribution is -2.43. The van der Waals surface area contributed by atoms with Crippen LogP contribution in [0.25, 0.3) is 0 Å². The molecule has 0 saturated heterocycles. The number of rotatable bonds is 3. The van der Waals surface area contributed by atoms with Crippen LogP contribution in [0.4, 0.5) is 5.13 Å². The second-order valence-electron chi connectivity index (χ2n) is 5.38. The Morgan fingerprint density at radius 1 is 1.41 bits per heavy atom. The van der Waals surface area contributed by atoms with E-state index >= 15 is 0 Å². The van der Waals surface area contributed by atoms with E-state index in [4.69, 9.17) is 11.6 Å². The highest BCUT2D eigenvalue weighted by Crippen LogP contribution is 2.36. The van der Waals surface area contributed by atoms with Gasteiger partial charge in [-0.1, -0.05) is 6.92 Å². The largest absolute Gasteiger partial charge is 0.355 e. The van der Waals surface area contributed by atoms with Crippen LogP contribution in [0.15, 0.2) is 0 Å². The molecule has 1 aliphatic carbocycles. The maximum absolute atomic E-state index is 6.20. The maximum atomic E-state index is 6.20. The van der Waals surface area contributed by atoms with Gasteiger partial charge in [0, 0.05) is 10.8 Å². The van der Waals surface area contributed by atoms with Gasteiger partial charge in [-0.25, -0.2) is 4.98 Å². The van der Waals surface area contributed by atoms with Crippen LogP contribution in [0.2, 0.25) is 0 Å². The minimum absolute atomic E-state index is 0.0742. The summed E-state index contributed by atoms with van der Waals surface area (Å²) in [7, 11) is 0. The molecule has 96 valence electrons. The number of hydrogen-bond donors (Lipinski definition) is 1. The molecule has 0 unspecified atom stereocenters. The zero-order valence-corrected chi connectivity index (χ0v) is 12.4. The molecular weight excluding hydrogens is 252 g/mol. The summed E-state index contributed by atoms with van der Waals surface area (Å²) in [4.78, 5) is 5.86. The van der Waals surface area contributed by atoms with Crippen LogP contribution in [0.3, 0.4) is 0 Å². The van der Waals surface area contributed by atoms with Crippen molar-refractivity contribution in [3.8, 4) is 0 Å². The molecule has 0 atom stereocenters. The minimum Gasteiger partial charge on any atom is -0.355 e. The number of nitrogens with one attached hydrogen (secondary N) is 1. The van der Waals surface area contributed by atoms with Crippen LogP contribution in [0, 0.1) is 19.8 Å². The number of aromatic nitrogens is 1. The Bertz CT molecular complexity index is 361. The number of hydrogen-bond acceptors (Lipinski definition) is 3. The molecule has 0 spiro atoms. The molecule has 1 saturated carbocycles. The second-order valence-corrected chi connectivity index (χ2v) is 6.85. The fourth-order valence-corrected chi connectivity index (χ4v) is 3.63. The SMILES string of the molecule is Cc1nc(NC2(CCl)CCC(C)CC2)sc1C. The van der Waals surface area contributed by atoms with Crippen LogP contribution < -0.4 is 5.32 Å². The van der Waals surface area contributed by atoms with E-state index in [1.54, 1.807) is 11.3 Å². The van der Waals surface area contributed by atoms with Crippen molar-refractivity contribution in [2.75, 3.05) is 11.2 Å². The Balaban J connectivity index is 2.09. The molecular formula is C13H21ClN2S. The summed E-state index contributed by atoms with van der Waals surface area (Å²) in [6.45, 7) is 6.51. The number of anilines is 1. The molecule has 1 aromatic rings. The fraction of sp³-hybridized carbons (Fsp3) is 0.769. The number of nitrogens with zero attached hydrogens (tertiary/aromatic N) is 1. The quantitative estimate of drug-likeness (QED) is 0.827. The van der Waals surface area contributed by atoms with Gasteiger partial charge in [-0.05, 0) is 45.4 Å². The highest BCUT2D eigenvalue weighted by Gasteiger charge is 2.34. The van der Waals surface area contributed by atoms with Crippen LogP contribution in [-0.4, -0.2) is 16.4 Å². The van der Waals surface area contributed by atoms with E-state index in [1.165, 1.54) is 17.7 Å². The summed E-state index contributed by atoms with van der Waals surface area (Å²) < 4.78 is 0. The van der Waals surface area contributed by atoms with E-state index in [2.05, 4.69) is 31.1 Å². The summed E-state index contributed by atoms with van der Waals surface area (Å²) in [5.74, 6) is 1.52. The van der Waals surface area contributed by atoms with Gasteiger partial charge in [0.05, 0.1) is 11.2 Å². The third-order valence-electron chi connectivity index (χ3n) is 3.89. The lowest BCUT2D eigenvalue weighted by molar-refractivity contribution is 0.287. The highest BCUT2D eigenvalue weighted by molar-refractivity contribution is 7.15. The van der Waals surface area contributed by atoms with Gasteiger partial charge in [-0.15, -0.1) is 22.9 Å². The third-order valence-corrected chi connectivity index (χ3v) is 5.39. The van der Waals surface area contributed by atoms with Gasteiger partial charge in [0.15, 0.2) is 5.13 Å². The maximum Gasteiger partial charge on any atom is 0.183 e. The van der Waals surface area contributed by atoms with Crippen LogP contribution in [0.5, 0.6) is 0 Å². The Hall–Kier alpha value is -0.280. The molecule has 0 bridgehead atoms. The monoisotopic (exact) mass is 272 g/mol. The standard InChI is InChI=1S/C13H21ClN2S/c1-9-4-6-13(8-14,7-5-9)16-12-15-10(2)11(3)17-12/h9H,4-8H2,1-3H3,(H,15,16). The van der Waals surface area contributed by atoms with Crippen LogP contribution >= 0.6 is 22.9 Å². The van der Waals surface area contributed by atoms with Crippen molar-refractivity contribution in [3.05, 3.63) is 10.6 Å². The first-order valence-corrected chi connectivity index (χ1v) is 7.68. The van der Waals surface area contributed by atoms with Gasteiger partial charge in [0.25, 0.3) is 0 Å². The van der Waals surface area contributed by atoms with Crippen molar-refractivity contribution < 1.29 is 0 Å². The molecule has 2 nitrogen and oxygen atoms in total. The molecule has 1 aromatic heterocycles. The van der Waals surface area contributed by atoms with Gasteiger partial charge in [0.2, 0.25) is 0 Å². The molecule has 4 heteroatoms. The first kappa shape index (κ1) is 13.2. The molecule has 1 heterocycles.